The van der Waals surface area contributed by atoms with Gasteiger partial charge in [0.25, 0.3) is 0 Å². The fourth-order valence-electron chi connectivity index (χ4n) is 5.46. The molecule has 96 valence electrons. The standard InChI is InChI=1S/C17H28/c1-4-15-11(2)12(3)16-9-13-7-5-6-8-14(13)10-17(15)16/h11,13-17H,3-10H2,1-2H3/t11?,13-,14+,15?,16?,17?/m0/s1. The highest BCUT2D eigenvalue weighted by molar-refractivity contribution is 5.18. The lowest BCUT2D eigenvalue weighted by molar-refractivity contribution is 0.0811. The molecule has 3 fully saturated rings. The van der Waals surface area contributed by atoms with Gasteiger partial charge in [-0.15, -0.1) is 0 Å². The quantitative estimate of drug-likeness (QED) is 0.555. The highest BCUT2D eigenvalue weighted by Gasteiger charge is 2.48. The molecule has 3 saturated carbocycles. The van der Waals surface area contributed by atoms with Gasteiger partial charge in [0.05, 0.1) is 0 Å². The summed E-state index contributed by atoms with van der Waals surface area (Å²) < 4.78 is 0. The van der Waals surface area contributed by atoms with Crippen LogP contribution in [-0.2, 0) is 0 Å². The maximum Gasteiger partial charge on any atom is -0.0169 e. The average molecular weight is 232 g/mol. The Kier molecular flexibility index (Phi) is 3.09. The lowest BCUT2D eigenvalue weighted by Gasteiger charge is -2.43. The van der Waals surface area contributed by atoms with E-state index >= 15 is 0 Å². The molecule has 0 aromatic carbocycles. The van der Waals surface area contributed by atoms with Gasteiger partial charge >= 0.3 is 0 Å². The van der Waals surface area contributed by atoms with Crippen molar-refractivity contribution >= 4 is 0 Å². The molecule has 0 radical (unpaired) electrons. The van der Waals surface area contributed by atoms with Crippen molar-refractivity contribution in [1.82, 2.24) is 0 Å². The van der Waals surface area contributed by atoms with E-state index in [0.29, 0.717) is 0 Å². The van der Waals surface area contributed by atoms with E-state index in [1.54, 1.807) is 5.57 Å². The Bertz CT molecular complexity index is 303. The van der Waals surface area contributed by atoms with Crippen molar-refractivity contribution in [2.24, 2.45) is 35.5 Å². The number of hydrogen-bond donors (Lipinski definition) is 0. The van der Waals surface area contributed by atoms with Gasteiger partial charge in [-0.05, 0) is 48.3 Å². The van der Waals surface area contributed by atoms with Crippen molar-refractivity contribution in [2.45, 2.75) is 58.8 Å². The maximum absolute atomic E-state index is 4.46. The summed E-state index contributed by atoms with van der Waals surface area (Å²) in [4.78, 5) is 0. The van der Waals surface area contributed by atoms with E-state index < -0.39 is 0 Å². The van der Waals surface area contributed by atoms with Gasteiger partial charge in [-0.25, -0.2) is 0 Å². The third kappa shape index (κ3) is 1.79. The smallest absolute Gasteiger partial charge is 0.0169 e. The van der Waals surface area contributed by atoms with Gasteiger partial charge in [0.2, 0.25) is 0 Å². The van der Waals surface area contributed by atoms with Crippen LogP contribution in [0.4, 0.5) is 0 Å². The first-order valence-electron chi connectivity index (χ1n) is 7.91. The molecule has 0 aromatic rings. The average Bonchev–Trinajstić information content (AvgIpc) is 2.59. The van der Waals surface area contributed by atoms with Gasteiger partial charge in [-0.3, -0.25) is 0 Å². The minimum absolute atomic E-state index is 0.801. The molecule has 4 unspecified atom stereocenters. The van der Waals surface area contributed by atoms with E-state index in [1.165, 1.54) is 44.9 Å². The Hall–Kier alpha value is -0.260. The summed E-state index contributed by atoms with van der Waals surface area (Å²) in [5.74, 6) is 5.79. The third-order valence-corrected chi connectivity index (χ3v) is 6.44. The fourth-order valence-corrected chi connectivity index (χ4v) is 5.46. The highest BCUT2D eigenvalue weighted by atomic mass is 14.5. The molecule has 0 spiro atoms. The predicted octanol–water partition coefficient (Wildman–Crippen LogP) is 5.05. The molecule has 0 N–H and O–H groups in total. The Morgan fingerprint density at radius 1 is 1.12 bits per heavy atom. The van der Waals surface area contributed by atoms with Crippen LogP contribution < -0.4 is 0 Å². The lowest BCUT2D eigenvalue weighted by Crippen LogP contribution is -2.33. The van der Waals surface area contributed by atoms with E-state index in [1.807, 2.05) is 0 Å². The maximum atomic E-state index is 4.46. The summed E-state index contributed by atoms with van der Waals surface area (Å²) in [5, 5.41) is 0. The summed E-state index contributed by atoms with van der Waals surface area (Å²) in [5.41, 5.74) is 1.62. The van der Waals surface area contributed by atoms with E-state index in [9.17, 15) is 0 Å². The molecular formula is C17H28. The molecule has 0 aliphatic heterocycles. The first kappa shape index (κ1) is 11.8. The van der Waals surface area contributed by atoms with Gasteiger partial charge in [0.1, 0.15) is 0 Å². The van der Waals surface area contributed by atoms with Crippen molar-refractivity contribution in [1.29, 1.82) is 0 Å². The minimum atomic E-state index is 0.801. The zero-order valence-corrected chi connectivity index (χ0v) is 11.6. The molecule has 3 aliphatic rings. The summed E-state index contributed by atoms with van der Waals surface area (Å²) in [7, 11) is 0. The van der Waals surface area contributed by atoms with Gasteiger partial charge in [0, 0.05) is 0 Å². The van der Waals surface area contributed by atoms with Crippen LogP contribution in [0.2, 0.25) is 0 Å². The zero-order valence-electron chi connectivity index (χ0n) is 11.6. The first-order chi connectivity index (χ1) is 8.22. The largest absolute Gasteiger partial charge is 0.0993 e. The number of fused-ring (bicyclic) bond motifs is 2. The van der Waals surface area contributed by atoms with Crippen molar-refractivity contribution in [3.8, 4) is 0 Å². The minimum Gasteiger partial charge on any atom is -0.0993 e. The lowest BCUT2D eigenvalue weighted by atomic mass is 9.62. The Labute approximate surface area is 107 Å². The van der Waals surface area contributed by atoms with Crippen molar-refractivity contribution < 1.29 is 0 Å². The third-order valence-electron chi connectivity index (χ3n) is 6.44. The SMILES string of the molecule is C=C1C(C)C(CC)C2C[C@H]3CCCC[C@H]3CC12. The molecule has 17 heavy (non-hydrogen) atoms. The molecule has 0 heteroatoms. The van der Waals surface area contributed by atoms with E-state index in [2.05, 4.69) is 20.4 Å². The van der Waals surface area contributed by atoms with Crippen LogP contribution in [0.15, 0.2) is 12.2 Å². The summed E-state index contributed by atoms with van der Waals surface area (Å²) in [6, 6.07) is 0. The molecule has 3 aliphatic carbocycles. The van der Waals surface area contributed by atoms with Gasteiger partial charge in [-0.1, -0.05) is 58.1 Å². The van der Waals surface area contributed by atoms with Crippen LogP contribution >= 0.6 is 0 Å². The Morgan fingerprint density at radius 2 is 1.76 bits per heavy atom. The second-order valence-corrected chi connectivity index (χ2v) is 6.98. The van der Waals surface area contributed by atoms with E-state index in [4.69, 9.17) is 0 Å². The highest BCUT2D eigenvalue weighted by Crippen LogP contribution is 2.57. The summed E-state index contributed by atoms with van der Waals surface area (Å²) in [6.07, 6.45) is 10.5. The number of hydrogen-bond acceptors (Lipinski definition) is 0. The normalized spacial score (nSPS) is 49.9. The predicted molar refractivity (Wildman–Crippen MR) is 73.7 cm³/mol. The van der Waals surface area contributed by atoms with Crippen LogP contribution in [0.1, 0.15) is 58.8 Å². The van der Waals surface area contributed by atoms with Crippen molar-refractivity contribution in [2.75, 3.05) is 0 Å². The van der Waals surface area contributed by atoms with Gasteiger partial charge in [0.15, 0.2) is 0 Å². The fraction of sp³-hybridized carbons (Fsp3) is 0.882. The van der Waals surface area contributed by atoms with Gasteiger partial charge in [-0.2, -0.15) is 0 Å². The molecule has 0 bridgehead atoms. The van der Waals surface area contributed by atoms with Crippen LogP contribution in [-0.4, -0.2) is 0 Å². The molecule has 3 rings (SSSR count). The van der Waals surface area contributed by atoms with Crippen LogP contribution in [0.25, 0.3) is 0 Å². The monoisotopic (exact) mass is 232 g/mol. The molecule has 6 atom stereocenters. The second kappa shape index (κ2) is 4.44. The van der Waals surface area contributed by atoms with Crippen LogP contribution in [0, 0.1) is 35.5 Å². The van der Waals surface area contributed by atoms with Crippen molar-refractivity contribution in [3.05, 3.63) is 12.2 Å². The van der Waals surface area contributed by atoms with E-state index in [0.717, 1.165) is 35.5 Å². The first-order valence-corrected chi connectivity index (χ1v) is 7.91. The summed E-state index contributed by atoms with van der Waals surface area (Å²) in [6.45, 7) is 9.29. The second-order valence-electron chi connectivity index (χ2n) is 6.98. The number of allylic oxidation sites excluding steroid dienone is 1. The molecular weight excluding hydrogens is 204 g/mol. The molecule has 0 aromatic heterocycles. The zero-order chi connectivity index (χ0) is 12.0. The Morgan fingerprint density at radius 3 is 2.41 bits per heavy atom. The van der Waals surface area contributed by atoms with Crippen LogP contribution in [0.3, 0.4) is 0 Å². The molecule has 0 nitrogen and oxygen atoms in total. The van der Waals surface area contributed by atoms with Gasteiger partial charge < -0.3 is 0 Å². The molecule has 0 saturated heterocycles. The number of rotatable bonds is 1. The topological polar surface area (TPSA) is 0 Å². The van der Waals surface area contributed by atoms with E-state index in [-0.39, 0.29) is 0 Å². The van der Waals surface area contributed by atoms with Crippen LogP contribution in [0.5, 0.6) is 0 Å². The van der Waals surface area contributed by atoms with Crippen molar-refractivity contribution in [3.63, 3.8) is 0 Å². The molecule has 0 heterocycles. The Balaban J connectivity index is 1.81. The summed E-state index contributed by atoms with van der Waals surface area (Å²) >= 11 is 0. The molecule has 0 amide bonds.